The highest BCUT2D eigenvalue weighted by atomic mass is 14.9. The van der Waals surface area contributed by atoms with Crippen LogP contribution in [0.3, 0.4) is 0 Å². The fourth-order valence-electron chi connectivity index (χ4n) is 2.46. The summed E-state index contributed by atoms with van der Waals surface area (Å²) in [4.78, 5) is 4.12. The molecular weight excluding hydrogens is 186 g/mol. The standard InChI is InChI=1S/C12H19N3/c1-14-11-5-4-9(8-11)7-10-3-2-6-15-12(10)13/h2-3,6,9,11,14H,4-5,7-8H2,1H3,(H2,13,15). The summed E-state index contributed by atoms with van der Waals surface area (Å²) in [7, 11) is 2.05. The van der Waals surface area contributed by atoms with E-state index in [2.05, 4.69) is 16.4 Å². The van der Waals surface area contributed by atoms with Crippen molar-refractivity contribution in [3.63, 3.8) is 0 Å². The minimum atomic E-state index is 0.699. The molecule has 0 bridgehead atoms. The van der Waals surface area contributed by atoms with Gasteiger partial charge in [0.1, 0.15) is 5.82 Å². The lowest BCUT2D eigenvalue weighted by Crippen LogP contribution is -2.21. The van der Waals surface area contributed by atoms with E-state index < -0.39 is 0 Å². The molecule has 0 aromatic carbocycles. The van der Waals surface area contributed by atoms with Gasteiger partial charge in [-0.1, -0.05) is 6.07 Å². The van der Waals surface area contributed by atoms with E-state index in [1.54, 1.807) is 6.20 Å². The van der Waals surface area contributed by atoms with Crippen molar-refractivity contribution in [3.8, 4) is 0 Å². The summed E-state index contributed by atoms with van der Waals surface area (Å²) < 4.78 is 0. The first-order valence-electron chi connectivity index (χ1n) is 5.66. The van der Waals surface area contributed by atoms with Crippen LogP contribution >= 0.6 is 0 Å². The molecule has 1 aromatic heterocycles. The fourth-order valence-corrected chi connectivity index (χ4v) is 2.46. The van der Waals surface area contributed by atoms with Gasteiger partial charge in [-0.3, -0.25) is 0 Å². The number of nitrogens with two attached hydrogens (primary N) is 1. The van der Waals surface area contributed by atoms with Crippen molar-refractivity contribution in [2.45, 2.75) is 31.7 Å². The molecule has 0 radical (unpaired) electrons. The summed E-state index contributed by atoms with van der Waals surface area (Å²) in [6, 6.07) is 4.76. The van der Waals surface area contributed by atoms with E-state index in [4.69, 9.17) is 5.73 Å². The summed E-state index contributed by atoms with van der Waals surface area (Å²) in [5.74, 6) is 1.47. The monoisotopic (exact) mass is 205 g/mol. The Labute approximate surface area is 91.1 Å². The number of nitrogens with zero attached hydrogens (tertiary/aromatic N) is 1. The second kappa shape index (κ2) is 4.62. The maximum atomic E-state index is 5.84. The summed E-state index contributed by atoms with van der Waals surface area (Å²) in [5.41, 5.74) is 7.05. The van der Waals surface area contributed by atoms with Crippen LogP contribution in [-0.4, -0.2) is 18.1 Å². The zero-order valence-electron chi connectivity index (χ0n) is 9.24. The smallest absolute Gasteiger partial charge is 0.126 e. The van der Waals surface area contributed by atoms with Gasteiger partial charge >= 0.3 is 0 Å². The normalized spacial score (nSPS) is 25.7. The second-order valence-corrected chi connectivity index (χ2v) is 4.42. The van der Waals surface area contributed by atoms with Crippen LogP contribution in [0.25, 0.3) is 0 Å². The molecule has 2 atom stereocenters. The summed E-state index contributed by atoms with van der Waals surface area (Å²) in [6.45, 7) is 0. The van der Waals surface area contributed by atoms with Crippen molar-refractivity contribution in [1.29, 1.82) is 0 Å². The molecule has 0 saturated heterocycles. The van der Waals surface area contributed by atoms with Crippen LogP contribution < -0.4 is 11.1 Å². The first-order chi connectivity index (χ1) is 7.29. The quantitative estimate of drug-likeness (QED) is 0.788. The zero-order chi connectivity index (χ0) is 10.7. The number of nitrogens with one attached hydrogen (secondary N) is 1. The van der Waals surface area contributed by atoms with Gasteiger partial charge in [0, 0.05) is 12.2 Å². The molecule has 2 rings (SSSR count). The molecule has 0 spiro atoms. The molecule has 1 aromatic rings. The van der Waals surface area contributed by atoms with Gasteiger partial charge in [0.15, 0.2) is 0 Å². The molecule has 1 fully saturated rings. The molecule has 1 heterocycles. The minimum Gasteiger partial charge on any atom is -0.383 e. The molecule has 3 N–H and O–H groups in total. The topological polar surface area (TPSA) is 50.9 Å². The number of anilines is 1. The maximum Gasteiger partial charge on any atom is 0.126 e. The Kier molecular flexibility index (Phi) is 3.21. The van der Waals surface area contributed by atoms with Gasteiger partial charge in [0.25, 0.3) is 0 Å². The van der Waals surface area contributed by atoms with E-state index in [0.717, 1.165) is 12.3 Å². The Bertz CT molecular complexity index is 324. The van der Waals surface area contributed by atoms with Gasteiger partial charge in [0.2, 0.25) is 0 Å². The van der Waals surface area contributed by atoms with Crippen molar-refractivity contribution < 1.29 is 0 Å². The van der Waals surface area contributed by atoms with Crippen LogP contribution in [-0.2, 0) is 6.42 Å². The SMILES string of the molecule is CNC1CCC(Cc2cccnc2N)C1. The number of aromatic nitrogens is 1. The lowest BCUT2D eigenvalue weighted by atomic mass is 9.98. The Balaban J connectivity index is 1.96. The third-order valence-electron chi connectivity index (χ3n) is 3.38. The number of pyridine rings is 1. The average Bonchev–Trinajstić information content (AvgIpc) is 2.69. The predicted octanol–water partition coefficient (Wildman–Crippen LogP) is 1.59. The molecule has 3 heteroatoms. The third-order valence-corrected chi connectivity index (χ3v) is 3.38. The number of hydrogen-bond donors (Lipinski definition) is 2. The van der Waals surface area contributed by atoms with E-state index in [-0.39, 0.29) is 0 Å². The van der Waals surface area contributed by atoms with Crippen LogP contribution in [0, 0.1) is 5.92 Å². The number of hydrogen-bond acceptors (Lipinski definition) is 3. The highest BCUT2D eigenvalue weighted by Crippen LogP contribution is 2.29. The second-order valence-electron chi connectivity index (χ2n) is 4.42. The first kappa shape index (κ1) is 10.4. The van der Waals surface area contributed by atoms with Crippen LogP contribution in [0.1, 0.15) is 24.8 Å². The summed E-state index contributed by atoms with van der Waals surface area (Å²) >= 11 is 0. The van der Waals surface area contributed by atoms with Crippen molar-refractivity contribution in [2.24, 2.45) is 5.92 Å². The largest absolute Gasteiger partial charge is 0.383 e. The van der Waals surface area contributed by atoms with Crippen molar-refractivity contribution in [2.75, 3.05) is 12.8 Å². The number of nitrogen functional groups attached to an aromatic ring is 1. The van der Waals surface area contributed by atoms with Gasteiger partial charge in [0.05, 0.1) is 0 Å². The van der Waals surface area contributed by atoms with E-state index in [1.165, 1.54) is 24.8 Å². The molecule has 1 saturated carbocycles. The van der Waals surface area contributed by atoms with Gasteiger partial charge in [-0.15, -0.1) is 0 Å². The minimum absolute atomic E-state index is 0.699. The van der Waals surface area contributed by atoms with Gasteiger partial charge in [-0.25, -0.2) is 4.98 Å². The van der Waals surface area contributed by atoms with E-state index in [9.17, 15) is 0 Å². The van der Waals surface area contributed by atoms with E-state index >= 15 is 0 Å². The third kappa shape index (κ3) is 2.48. The summed E-state index contributed by atoms with van der Waals surface area (Å²) in [6.07, 6.45) is 6.70. The Morgan fingerprint density at radius 1 is 1.53 bits per heavy atom. The van der Waals surface area contributed by atoms with Crippen LogP contribution in [0.4, 0.5) is 5.82 Å². The van der Waals surface area contributed by atoms with Crippen molar-refractivity contribution in [3.05, 3.63) is 23.9 Å². The van der Waals surface area contributed by atoms with E-state index in [0.29, 0.717) is 11.9 Å². The fraction of sp³-hybridized carbons (Fsp3) is 0.583. The molecule has 15 heavy (non-hydrogen) atoms. The summed E-state index contributed by atoms with van der Waals surface area (Å²) in [5, 5.41) is 3.35. The maximum absolute atomic E-state index is 5.84. The Hall–Kier alpha value is -1.09. The molecular formula is C12H19N3. The molecule has 2 unspecified atom stereocenters. The molecule has 3 nitrogen and oxygen atoms in total. The lowest BCUT2D eigenvalue weighted by molar-refractivity contribution is 0.510. The van der Waals surface area contributed by atoms with Crippen LogP contribution in [0.2, 0.25) is 0 Å². The Morgan fingerprint density at radius 3 is 3.07 bits per heavy atom. The Morgan fingerprint density at radius 2 is 2.40 bits per heavy atom. The number of rotatable bonds is 3. The highest BCUT2D eigenvalue weighted by Gasteiger charge is 2.23. The van der Waals surface area contributed by atoms with Crippen LogP contribution in [0.15, 0.2) is 18.3 Å². The molecule has 1 aliphatic carbocycles. The van der Waals surface area contributed by atoms with Gasteiger partial charge in [-0.05, 0) is 50.3 Å². The highest BCUT2D eigenvalue weighted by molar-refractivity contribution is 5.38. The van der Waals surface area contributed by atoms with Gasteiger partial charge in [-0.2, -0.15) is 0 Å². The first-order valence-corrected chi connectivity index (χ1v) is 5.66. The van der Waals surface area contributed by atoms with Crippen LogP contribution in [0.5, 0.6) is 0 Å². The van der Waals surface area contributed by atoms with Crippen molar-refractivity contribution >= 4 is 5.82 Å². The zero-order valence-corrected chi connectivity index (χ0v) is 9.24. The molecule has 0 aliphatic heterocycles. The van der Waals surface area contributed by atoms with E-state index in [1.807, 2.05) is 13.1 Å². The molecule has 0 amide bonds. The predicted molar refractivity (Wildman–Crippen MR) is 62.5 cm³/mol. The molecule has 82 valence electrons. The average molecular weight is 205 g/mol. The van der Waals surface area contributed by atoms with Crippen molar-refractivity contribution in [1.82, 2.24) is 10.3 Å². The van der Waals surface area contributed by atoms with Gasteiger partial charge < -0.3 is 11.1 Å². The molecule has 1 aliphatic rings. The lowest BCUT2D eigenvalue weighted by Gasteiger charge is -2.11.